The topological polar surface area (TPSA) is 95.9 Å². The molecule has 0 bridgehead atoms. The van der Waals surface area contributed by atoms with E-state index in [4.69, 9.17) is 14.2 Å². The maximum absolute atomic E-state index is 14.7. The molecule has 0 saturated carbocycles. The lowest BCUT2D eigenvalue weighted by molar-refractivity contribution is 0.0950. The zero-order chi connectivity index (χ0) is 51.5. The van der Waals surface area contributed by atoms with Crippen LogP contribution in [0.3, 0.4) is 0 Å². The molecule has 0 spiro atoms. The van der Waals surface area contributed by atoms with Crippen LogP contribution in [0.15, 0.2) is 82.4 Å². The number of hydrogen-bond acceptors (Lipinski definition) is 6. The van der Waals surface area contributed by atoms with Gasteiger partial charge in [-0.15, -0.1) is 0 Å². The van der Waals surface area contributed by atoms with Crippen molar-refractivity contribution in [1.82, 2.24) is 9.88 Å². The Hall–Kier alpha value is -5.89. The highest BCUT2D eigenvalue weighted by Crippen LogP contribution is 2.50. The summed E-state index contributed by atoms with van der Waals surface area (Å²) in [6.45, 7) is 22.1. The smallest absolute Gasteiger partial charge is 0.262 e. The van der Waals surface area contributed by atoms with Gasteiger partial charge in [0.1, 0.15) is 0 Å². The number of amides is 1. The molecule has 0 aliphatic heterocycles. The van der Waals surface area contributed by atoms with Crippen LogP contribution >= 0.6 is 0 Å². The molecule has 0 fully saturated rings. The number of nitrogens with one attached hydrogen (secondary N) is 1. The molecule has 0 aliphatic carbocycles. The summed E-state index contributed by atoms with van der Waals surface area (Å²) in [5, 5.41) is 16.8. The molecule has 1 N–H and O–H groups in total. The third kappa shape index (κ3) is 11.0. The lowest BCUT2D eigenvalue weighted by atomic mass is 9.81. The number of aromatic nitrogens is 1. The van der Waals surface area contributed by atoms with E-state index in [9.17, 15) is 14.4 Å². The lowest BCUT2D eigenvalue weighted by Gasteiger charge is -2.21. The molecule has 8 heteroatoms. The summed E-state index contributed by atoms with van der Waals surface area (Å²) in [5.41, 5.74) is -0.291. The van der Waals surface area contributed by atoms with Crippen molar-refractivity contribution in [2.45, 2.75) is 146 Å². The Kier molecular flexibility index (Phi) is 16.2. The van der Waals surface area contributed by atoms with Crippen molar-refractivity contribution in [2.75, 3.05) is 26.4 Å². The Morgan fingerprint density at radius 1 is 0.452 bits per heavy atom. The minimum atomic E-state index is -0.341. The van der Waals surface area contributed by atoms with Gasteiger partial charge in [0, 0.05) is 18.7 Å². The third-order valence-corrected chi connectivity index (χ3v) is 16.0. The van der Waals surface area contributed by atoms with Crippen LogP contribution in [0.25, 0.3) is 75.4 Å². The van der Waals surface area contributed by atoms with Crippen LogP contribution in [0.1, 0.15) is 150 Å². The summed E-state index contributed by atoms with van der Waals surface area (Å²) in [5.74, 6) is 4.75. The van der Waals surface area contributed by atoms with Crippen molar-refractivity contribution in [2.24, 2.45) is 35.5 Å². The Morgan fingerprint density at radius 3 is 1.19 bits per heavy atom. The van der Waals surface area contributed by atoms with E-state index in [0.29, 0.717) is 88.9 Å². The highest BCUT2D eigenvalue weighted by atomic mass is 16.5. The Morgan fingerprint density at radius 2 is 0.808 bits per heavy atom. The van der Waals surface area contributed by atoms with Crippen molar-refractivity contribution in [3.63, 3.8) is 0 Å². The van der Waals surface area contributed by atoms with Gasteiger partial charge >= 0.3 is 0 Å². The van der Waals surface area contributed by atoms with E-state index in [2.05, 4.69) is 116 Å². The highest BCUT2D eigenvalue weighted by Gasteiger charge is 2.27. The first-order valence-corrected chi connectivity index (χ1v) is 28.0. The van der Waals surface area contributed by atoms with E-state index in [1.54, 1.807) is 12.1 Å². The predicted molar refractivity (Wildman–Crippen MR) is 307 cm³/mol. The Labute approximate surface area is 432 Å². The van der Waals surface area contributed by atoms with Gasteiger partial charge in [-0.25, -0.2) is 0 Å². The first-order chi connectivity index (χ1) is 35.2. The van der Waals surface area contributed by atoms with Gasteiger partial charge in [0.2, 0.25) is 5.75 Å². The first kappa shape index (κ1) is 52.0. The van der Waals surface area contributed by atoms with Gasteiger partial charge in [-0.2, -0.15) is 0 Å². The van der Waals surface area contributed by atoms with E-state index in [1.807, 2.05) is 12.1 Å². The van der Waals surface area contributed by atoms with Crippen LogP contribution in [-0.4, -0.2) is 36.8 Å². The molecule has 9 rings (SSSR count). The number of fused-ring (bicyclic) bond motifs is 3. The van der Waals surface area contributed by atoms with Crippen LogP contribution in [0, 0.1) is 35.5 Å². The van der Waals surface area contributed by atoms with Crippen LogP contribution in [0.4, 0.5) is 0 Å². The van der Waals surface area contributed by atoms with Crippen molar-refractivity contribution < 1.29 is 19.0 Å². The molecule has 386 valence electrons. The molecule has 8 aromatic carbocycles. The molecule has 73 heavy (non-hydrogen) atoms. The van der Waals surface area contributed by atoms with Crippen LogP contribution in [-0.2, 0) is 6.54 Å². The van der Waals surface area contributed by atoms with Crippen LogP contribution < -0.4 is 30.6 Å². The standard InChI is InChI=1S/C65H80N2O6/c1-39(2)13-10-16-42(7)29-34-71-52-37-49(38-53(72-35-30-43(8)17-11-14-40(3)4)62(52)73-36-31-44(9)18-12-15-41(5)6)63(68)66-32-33-67-64(69)60-50-27-25-47-23-21-45-19-20-46-22-24-48-26-28-51(61(60)65(67)70)59-57(48)55(46)54(45)56(47)58(50)59/h19-28,37-44H,10-18,29-36H2,1-9H3,(H,66,68)/t42-,43-,44-/m0/s1. The van der Waals surface area contributed by atoms with Gasteiger partial charge < -0.3 is 19.5 Å². The molecule has 0 unspecified atom stereocenters. The first-order valence-electron chi connectivity index (χ1n) is 28.0. The largest absolute Gasteiger partial charge is 0.490 e. The average Bonchev–Trinajstić information content (AvgIpc) is 3.61. The second kappa shape index (κ2) is 22.7. The Bertz CT molecular complexity index is 3200. The second-order valence-electron chi connectivity index (χ2n) is 23.3. The number of ether oxygens (including phenoxy) is 3. The number of carbonyl (C=O) groups is 1. The van der Waals surface area contributed by atoms with Gasteiger partial charge in [0.15, 0.2) is 11.5 Å². The quantitative estimate of drug-likeness (QED) is 0.0388. The van der Waals surface area contributed by atoms with E-state index in [1.165, 1.54) is 53.9 Å². The minimum Gasteiger partial charge on any atom is -0.490 e. The normalized spacial score (nSPS) is 13.8. The van der Waals surface area contributed by atoms with Crippen molar-refractivity contribution in [3.8, 4) is 17.2 Å². The monoisotopic (exact) mass is 985 g/mol. The maximum atomic E-state index is 14.7. The summed E-state index contributed by atoms with van der Waals surface area (Å²) in [6.07, 6.45) is 13.3. The molecule has 1 aromatic heterocycles. The number of benzene rings is 8. The number of carbonyl (C=O) groups excluding carboxylic acids is 1. The summed E-state index contributed by atoms with van der Waals surface area (Å²) < 4.78 is 21.2. The molecule has 0 saturated heterocycles. The van der Waals surface area contributed by atoms with E-state index in [-0.39, 0.29) is 30.1 Å². The van der Waals surface area contributed by atoms with E-state index >= 15 is 0 Å². The molecular weight excluding hydrogens is 905 g/mol. The molecule has 1 heterocycles. The van der Waals surface area contributed by atoms with Crippen LogP contribution in [0.2, 0.25) is 0 Å². The molecule has 8 nitrogen and oxygen atoms in total. The lowest BCUT2D eigenvalue weighted by Crippen LogP contribution is -2.33. The summed E-state index contributed by atoms with van der Waals surface area (Å²) in [4.78, 5) is 43.8. The summed E-state index contributed by atoms with van der Waals surface area (Å²) in [7, 11) is 0. The minimum absolute atomic E-state index is 0.0175. The molecule has 9 aromatic rings. The van der Waals surface area contributed by atoms with Gasteiger partial charge in [-0.05, 0) is 132 Å². The maximum Gasteiger partial charge on any atom is 0.262 e. The second-order valence-corrected chi connectivity index (χ2v) is 23.3. The van der Waals surface area contributed by atoms with E-state index < -0.39 is 0 Å². The molecule has 0 aliphatic rings. The molecule has 3 atom stereocenters. The summed E-state index contributed by atoms with van der Waals surface area (Å²) >= 11 is 0. The number of rotatable bonds is 28. The van der Waals surface area contributed by atoms with Gasteiger partial charge in [-0.1, -0.05) is 181 Å². The Balaban J connectivity index is 1.00. The van der Waals surface area contributed by atoms with Crippen LogP contribution in [0.5, 0.6) is 17.2 Å². The number of nitrogens with zero attached hydrogens (tertiary/aromatic N) is 1. The number of hydrogen-bond donors (Lipinski definition) is 1. The van der Waals surface area contributed by atoms with Gasteiger partial charge in [-0.3, -0.25) is 19.0 Å². The fourth-order valence-corrected chi connectivity index (χ4v) is 11.7. The SMILES string of the molecule is CC(C)CCC[C@H](C)CCOc1cc(C(=O)NCCn2c(=O)c3c4ccc5ccc6ccc7ccc8ccc(c3c2=O)c2c8c7c6c5c42)cc(OCC[C@@H](C)CCCC(C)C)c1OCC[C@@H](C)CCCC(C)C. The third-order valence-electron chi connectivity index (χ3n) is 16.0. The van der Waals surface area contributed by atoms with Gasteiger partial charge in [0.25, 0.3) is 17.0 Å². The molecule has 0 radical (unpaired) electrons. The predicted octanol–water partition coefficient (Wildman–Crippen LogP) is 16.2. The van der Waals surface area contributed by atoms with Crippen molar-refractivity contribution in [1.29, 1.82) is 0 Å². The fraction of sp³-hybridized carbons (Fsp3) is 0.492. The molecular formula is C65H80N2O6. The fourth-order valence-electron chi connectivity index (χ4n) is 11.7. The van der Waals surface area contributed by atoms with E-state index in [0.717, 1.165) is 92.4 Å². The highest BCUT2D eigenvalue weighted by molar-refractivity contribution is 6.47. The zero-order valence-corrected chi connectivity index (χ0v) is 45.3. The van der Waals surface area contributed by atoms with Crippen molar-refractivity contribution >= 4 is 81.3 Å². The molecule has 1 amide bonds. The van der Waals surface area contributed by atoms with Gasteiger partial charge in [0.05, 0.1) is 30.6 Å². The average molecular weight is 985 g/mol. The van der Waals surface area contributed by atoms with Crippen molar-refractivity contribution in [3.05, 3.63) is 99.1 Å². The summed E-state index contributed by atoms with van der Waals surface area (Å²) in [6, 6.07) is 24.8. The zero-order valence-electron chi connectivity index (χ0n) is 45.3.